The van der Waals surface area contributed by atoms with Gasteiger partial charge in [-0.2, -0.15) is 5.26 Å². The van der Waals surface area contributed by atoms with Crippen molar-refractivity contribution in [1.82, 2.24) is 4.90 Å². The molecule has 0 aromatic heterocycles. The molecule has 0 N–H and O–H groups in total. The minimum absolute atomic E-state index is 0.0686. The molecule has 1 heterocycles. The van der Waals surface area contributed by atoms with Crippen molar-refractivity contribution in [1.29, 1.82) is 5.26 Å². The zero-order valence-corrected chi connectivity index (χ0v) is 10.6. The molecule has 19 heavy (non-hydrogen) atoms. The molecule has 0 spiro atoms. The lowest BCUT2D eigenvalue weighted by atomic mass is 9.88. The Morgan fingerprint density at radius 2 is 2.16 bits per heavy atom. The van der Waals surface area contributed by atoms with Gasteiger partial charge in [-0.1, -0.05) is 19.1 Å². The molecule has 2 atom stereocenters. The van der Waals surface area contributed by atoms with Crippen molar-refractivity contribution in [3.05, 3.63) is 35.6 Å². The molecule has 1 aromatic rings. The number of nitriles is 1. The highest BCUT2D eigenvalue weighted by Crippen LogP contribution is 2.40. The van der Waals surface area contributed by atoms with Crippen LogP contribution in [0.5, 0.6) is 0 Å². The molecule has 0 bridgehead atoms. The Kier molecular flexibility index (Phi) is 3.52. The van der Waals surface area contributed by atoms with E-state index in [-0.39, 0.29) is 25.3 Å². The molecule has 0 aliphatic carbocycles. The van der Waals surface area contributed by atoms with Crippen molar-refractivity contribution in [2.75, 3.05) is 6.54 Å². The molecule has 0 saturated carbocycles. The lowest BCUT2D eigenvalue weighted by Gasteiger charge is -2.32. The molecule has 5 heteroatoms. The monoisotopic (exact) mass is 264 g/mol. The van der Waals surface area contributed by atoms with E-state index in [1.165, 1.54) is 29.2 Å². The summed E-state index contributed by atoms with van der Waals surface area (Å²) in [5, 5.41) is 9.47. The summed E-state index contributed by atoms with van der Waals surface area (Å²) in [5.74, 6) is -0.703. The topological polar surface area (TPSA) is 44.1 Å². The average Bonchev–Trinajstić information content (AvgIpc) is 2.77. The molecular formula is C14H14F2N2O. The number of halogens is 2. The summed E-state index contributed by atoms with van der Waals surface area (Å²) in [5.41, 5.74) is -0.862. The molecule has 1 aromatic carbocycles. The lowest BCUT2D eigenvalue weighted by Crippen LogP contribution is -2.43. The highest BCUT2D eigenvalue weighted by molar-refractivity contribution is 5.78. The minimum Gasteiger partial charge on any atom is -0.317 e. The standard InChI is InChI=1S/C14H14F2N2O/c1-2-13(19)18-8-12(16)7-14(18,9-17)10-3-5-11(15)6-4-10/h3-6,12H,2,7-8H2,1H3. The molecule has 0 radical (unpaired) electrons. The molecular weight excluding hydrogens is 250 g/mol. The van der Waals surface area contributed by atoms with Crippen LogP contribution in [0.1, 0.15) is 25.3 Å². The number of amides is 1. The molecule has 1 saturated heterocycles. The van der Waals surface area contributed by atoms with Gasteiger partial charge < -0.3 is 4.90 Å². The fourth-order valence-corrected chi connectivity index (χ4v) is 2.52. The summed E-state index contributed by atoms with van der Waals surface area (Å²) in [6, 6.07) is 7.36. The summed E-state index contributed by atoms with van der Waals surface area (Å²) < 4.78 is 26.7. The highest BCUT2D eigenvalue weighted by Gasteiger charge is 2.49. The number of likely N-dealkylation sites (tertiary alicyclic amines) is 1. The van der Waals surface area contributed by atoms with Crippen molar-refractivity contribution in [3.63, 3.8) is 0 Å². The number of alkyl halides is 1. The first-order valence-electron chi connectivity index (χ1n) is 6.15. The maximum absolute atomic E-state index is 13.7. The van der Waals surface area contributed by atoms with Gasteiger partial charge in [0.1, 0.15) is 12.0 Å². The number of carbonyl (C=O) groups is 1. The fraction of sp³-hybridized carbons (Fsp3) is 0.429. The third-order valence-corrected chi connectivity index (χ3v) is 3.47. The fourth-order valence-electron chi connectivity index (χ4n) is 2.52. The minimum atomic E-state index is -1.32. The van der Waals surface area contributed by atoms with E-state index in [0.717, 1.165) is 0 Å². The van der Waals surface area contributed by atoms with Crippen LogP contribution in [-0.4, -0.2) is 23.5 Å². The first kappa shape index (κ1) is 13.5. The molecule has 100 valence electrons. The largest absolute Gasteiger partial charge is 0.317 e. The van der Waals surface area contributed by atoms with Crippen molar-refractivity contribution < 1.29 is 13.6 Å². The maximum atomic E-state index is 13.7. The second-order valence-corrected chi connectivity index (χ2v) is 4.64. The van der Waals surface area contributed by atoms with Crippen LogP contribution < -0.4 is 0 Å². The first-order chi connectivity index (χ1) is 9.03. The molecule has 2 rings (SSSR count). The maximum Gasteiger partial charge on any atom is 0.223 e. The molecule has 1 fully saturated rings. The van der Waals surface area contributed by atoms with Gasteiger partial charge in [0.25, 0.3) is 0 Å². The molecule has 3 nitrogen and oxygen atoms in total. The van der Waals surface area contributed by atoms with Crippen molar-refractivity contribution in [2.24, 2.45) is 0 Å². The van der Waals surface area contributed by atoms with Gasteiger partial charge in [0.2, 0.25) is 5.91 Å². The average molecular weight is 264 g/mol. The zero-order valence-electron chi connectivity index (χ0n) is 10.6. The normalized spacial score (nSPS) is 26.2. The van der Waals surface area contributed by atoms with E-state index in [1.54, 1.807) is 6.92 Å². The van der Waals surface area contributed by atoms with Gasteiger partial charge >= 0.3 is 0 Å². The van der Waals surface area contributed by atoms with Gasteiger partial charge in [0.15, 0.2) is 5.54 Å². The highest BCUT2D eigenvalue weighted by atomic mass is 19.1. The van der Waals surface area contributed by atoms with E-state index >= 15 is 0 Å². The van der Waals surface area contributed by atoms with Gasteiger partial charge in [0, 0.05) is 12.8 Å². The van der Waals surface area contributed by atoms with E-state index in [0.29, 0.717) is 5.56 Å². The van der Waals surface area contributed by atoms with Crippen molar-refractivity contribution >= 4 is 5.91 Å². The van der Waals surface area contributed by atoms with E-state index in [4.69, 9.17) is 0 Å². The zero-order chi connectivity index (χ0) is 14.0. The molecule has 1 aliphatic rings. The van der Waals surface area contributed by atoms with Gasteiger partial charge in [-0.25, -0.2) is 8.78 Å². The van der Waals surface area contributed by atoms with Crippen LogP contribution in [0.15, 0.2) is 24.3 Å². The number of hydrogen-bond acceptors (Lipinski definition) is 2. The van der Waals surface area contributed by atoms with E-state index in [1.807, 2.05) is 0 Å². The second kappa shape index (κ2) is 4.96. The second-order valence-electron chi connectivity index (χ2n) is 4.64. The summed E-state index contributed by atoms with van der Waals surface area (Å²) in [6.07, 6.45) is -1.10. The van der Waals surface area contributed by atoms with Gasteiger partial charge in [-0.15, -0.1) is 0 Å². The Balaban J connectivity index is 2.48. The summed E-state index contributed by atoms with van der Waals surface area (Å²) in [7, 11) is 0. The Bertz CT molecular complexity index is 523. The molecule has 1 amide bonds. The van der Waals surface area contributed by atoms with Crippen LogP contribution in [0, 0.1) is 17.1 Å². The summed E-state index contributed by atoms with van der Waals surface area (Å²) >= 11 is 0. The van der Waals surface area contributed by atoms with Crippen LogP contribution in [0.25, 0.3) is 0 Å². The van der Waals surface area contributed by atoms with E-state index in [9.17, 15) is 18.8 Å². The van der Waals surface area contributed by atoms with Gasteiger partial charge in [-0.3, -0.25) is 4.79 Å². The SMILES string of the molecule is CCC(=O)N1CC(F)CC1(C#N)c1ccc(F)cc1. The van der Waals surface area contributed by atoms with Crippen LogP contribution in [0.2, 0.25) is 0 Å². The quantitative estimate of drug-likeness (QED) is 0.823. The first-order valence-corrected chi connectivity index (χ1v) is 6.15. The predicted octanol–water partition coefficient (Wildman–Crippen LogP) is 2.52. The smallest absolute Gasteiger partial charge is 0.223 e. The number of carbonyl (C=O) groups excluding carboxylic acids is 1. The summed E-state index contributed by atoms with van der Waals surface area (Å²) in [4.78, 5) is 13.2. The van der Waals surface area contributed by atoms with Crippen molar-refractivity contribution in [2.45, 2.75) is 31.5 Å². The van der Waals surface area contributed by atoms with Gasteiger partial charge in [0.05, 0.1) is 12.6 Å². The van der Waals surface area contributed by atoms with Gasteiger partial charge in [-0.05, 0) is 17.7 Å². The lowest BCUT2D eigenvalue weighted by molar-refractivity contribution is -0.133. The number of rotatable bonds is 2. The van der Waals surface area contributed by atoms with Crippen LogP contribution in [0.3, 0.4) is 0 Å². The number of benzene rings is 1. The Labute approximate surface area is 110 Å². The third kappa shape index (κ3) is 2.19. The van der Waals surface area contributed by atoms with Crippen LogP contribution in [-0.2, 0) is 10.3 Å². The third-order valence-electron chi connectivity index (χ3n) is 3.47. The molecule has 1 aliphatic heterocycles. The Hall–Kier alpha value is -1.96. The predicted molar refractivity (Wildman–Crippen MR) is 65.2 cm³/mol. The Morgan fingerprint density at radius 3 is 2.68 bits per heavy atom. The van der Waals surface area contributed by atoms with Crippen LogP contribution >= 0.6 is 0 Å². The van der Waals surface area contributed by atoms with Crippen molar-refractivity contribution in [3.8, 4) is 6.07 Å². The Morgan fingerprint density at radius 1 is 1.53 bits per heavy atom. The van der Waals surface area contributed by atoms with Crippen LogP contribution in [0.4, 0.5) is 8.78 Å². The van der Waals surface area contributed by atoms with E-state index < -0.39 is 17.5 Å². The number of nitrogens with zero attached hydrogens (tertiary/aromatic N) is 2. The van der Waals surface area contributed by atoms with E-state index in [2.05, 4.69) is 6.07 Å². The molecule has 2 unspecified atom stereocenters. The summed E-state index contributed by atoms with van der Waals surface area (Å²) in [6.45, 7) is 1.58. The number of hydrogen-bond donors (Lipinski definition) is 0.